The number of nitrogens with one attached hydrogen (secondary N) is 1. The molecule has 0 aliphatic carbocycles. The van der Waals surface area contributed by atoms with E-state index in [0.717, 1.165) is 32.1 Å². The van der Waals surface area contributed by atoms with E-state index < -0.39 is 18.4 Å². The maximum atomic E-state index is 11.4. The van der Waals surface area contributed by atoms with Crippen LogP contribution in [0.15, 0.2) is 0 Å². The highest BCUT2D eigenvalue weighted by molar-refractivity contribution is 5.73. The zero-order chi connectivity index (χ0) is 16.5. The van der Waals surface area contributed by atoms with E-state index in [1.165, 1.54) is 6.92 Å². The van der Waals surface area contributed by atoms with E-state index in [2.05, 4.69) is 5.32 Å². The Labute approximate surface area is 133 Å². The van der Waals surface area contributed by atoms with Crippen LogP contribution in [0.4, 0.5) is 0 Å². The lowest BCUT2D eigenvalue weighted by Crippen LogP contribution is -2.61. The summed E-state index contributed by atoms with van der Waals surface area (Å²) < 4.78 is 11.7. The van der Waals surface area contributed by atoms with Crippen LogP contribution in [-0.2, 0) is 14.3 Å². The van der Waals surface area contributed by atoms with Crippen molar-refractivity contribution in [3.05, 3.63) is 0 Å². The Hall–Kier alpha value is -0.690. The molecule has 0 spiro atoms. The first-order valence-electron chi connectivity index (χ1n) is 8.38. The highest BCUT2D eigenvalue weighted by atomic mass is 16.7. The predicted molar refractivity (Wildman–Crippen MR) is 84.6 cm³/mol. The number of hydrogen-bond acceptors (Lipinski definition) is 4. The molecule has 1 aliphatic rings. The predicted octanol–water partition coefficient (Wildman–Crippen LogP) is 0.925. The van der Waals surface area contributed by atoms with Crippen molar-refractivity contribution in [1.29, 1.82) is 0 Å². The van der Waals surface area contributed by atoms with Crippen molar-refractivity contribution in [3.63, 3.8) is 0 Å². The van der Waals surface area contributed by atoms with Crippen LogP contribution in [-0.4, -0.2) is 53.9 Å². The van der Waals surface area contributed by atoms with Crippen LogP contribution in [0.5, 0.6) is 0 Å². The van der Waals surface area contributed by atoms with Gasteiger partial charge in [-0.1, -0.05) is 20.3 Å². The second kappa shape index (κ2) is 10.2. The molecule has 0 radical (unpaired) electrons. The van der Waals surface area contributed by atoms with Crippen LogP contribution in [0.3, 0.4) is 0 Å². The van der Waals surface area contributed by atoms with Crippen LogP contribution in [0.1, 0.15) is 52.9 Å². The normalized spacial score (nSPS) is 32.0. The zero-order valence-electron chi connectivity index (χ0n) is 14.0. The minimum Gasteiger partial charge on any atom is -0.445 e. The van der Waals surface area contributed by atoms with Gasteiger partial charge in [0, 0.05) is 25.9 Å². The Morgan fingerprint density at radius 1 is 1.32 bits per heavy atom. The minimum atomic E-state index is -0.670. The molecule has 4 N–H and O–H groups in total. The van der Waals surface area contributed by atoms with Gasteiger partial charge in [-0.15, -0.1) is 0 Å². The molecule has 4 unspecified atom stereocenters. The highest BCUT2D eigenvalue weighted by Crippen LogP contribution is 2.28. The molecule has 0 bridgehead atoms. The first-order chi connectivity index (χ1) is 10.5. The van der Waals surface area contributed by atoms with Gasteiger partial charge >= 0.3 is 0 Å². The SMILES string of the molecule is CCC1O[C@@H](OCCCCCC[OH2+])C(NC(C)=O)C(O)C1C. The fourth-order valence-corrected chi connectivity index (χ4v) is 2.87. The molecule has 0 aromatic rings. The maximum Gasteiger partial charge on any atom is 0.217 e. The monoisotopic (exact) mass is 318 g/mol. The van der Waals surface area contributed by atoms with Gasteiger partial charge in [0.15, 0.2) is 6.29 Å². The first kappa shape index (κ1) is 19.4. The van der Waals surface area contributed by atoms with Crippen LogP contribution in [0, 0.1) is 5.92 Å². The molecule has 1 heterocycles. The molecule has 0 saturated carbocycles. The van der Waals surface area contributed by atoms with Crippen molar-refractivity contribution < 1.29 is 24.5 Å². The van der Waals surface area contributed by atoms with Gasteiger partial charge in [-0.05, 0) is 19.3 Å². The van der Waals surface area contributed by atoms with Crippen LogP contribution in [0.25, 0.3) is 0 Å². The van der Waals surface area contributed by atoms with Gasteiger partial charge in [-0.3, -0.25) is 4.79 Å². The average molecular weight is 318 g/mol. The highest BCUT2D eigenvalue weighted by Gasteiger charge is 2.43. The minimum absolute atomic E-state index is 0.0428. The summed E-state index contributed by atoms with van der Waals surface area (Å²) in [6, 6.07) is -0.524. The van der Waals surface area contributed by atoms with E-state index in [9.17, 15) is 9.90 Å². The van der Waals surface area contributed by atoms with Crippen LogP contribution >= 0.6 is 0 Å². The number of aliphatic hydroxyl groups excluding tert-OH is 1. The molecule has 5 atom stereocenters. The molecule has 130 valence electrons. The number of carbonyl (C=O) groups is 1. The Bertz CT molecular complexity index is 326. The van der Waals surface area contributed by atoms with Gasteiger partial charge < -0.3 is 25.0 Å². The standard InChI is InChI=1S/C16H31NO5/c1-4-13-11(2)15(20)14(17-12(3)19)16(22-13)21-10-8-6-5-7-9-18/h11,13-16,18,20H,4-10H2,1-3H3,(H,17,19)/p+1/t11?,13?,14?,15?,16-/m1/s1. The van der Waals surface area contributed by atoms with Crippen molar-refractivity contribution in [1.82, 2.24) is 5.32 Å². The quantitative estimate of drug-likeness (QED) is 0.489. The van der Waals surface area contributed by atoms with Gasteiger partial charge in [-0.25, -0.2) is 0 Å². The topological polar surface area (TPSA) is 90.7 Å². The smallest absolute Gasteiger partial charge is 0.217 e. The Balaban J connectivity index is 2.52. The van der Waals surface area contributed by atoms with E-state index in [1.54, 1.807) is 0 Å². The lowest BCUT2D eigenvalue weighted by atomic mass is 9.88. The summed E-state index contributed by atoms with van der Waals surface area (Å²) in [5.41, 5.74) is 0. The molecule has 1 aliphatic heterocycles. The number of aliphatic hydroxyl groups is 1. The molecule has 6 heteroatoms. The van der Waals surface area contributed by atoms with Gasteiger partial charge in [0.25, 0.3) is 0 Å². The van der Waals surface area contributed by atoms with Gasteiger partial charge in [0.2, 0.25) is 5.91 Å². The van der Waals surface area contributed by atoms with E-state index in [1.807, 2.05) is 13.8 Å². The maximum absolute atomic E-state index is 11.4. The lowest BCUT2D eigenvalue weighted by Gasteiger charge is -2.43. The van der Waals surface area contributed by atoms with Crippen molar-refractivity contribution in [3.8, 4) is 0 Å². The molecule has 1 fully saturated rings. The summed E-state index contributed by atoms with van der Waals surface area (Å²) in [5, 5.41) is 20.3. The summed E-state index contributed by atoms with van der Waals surface area (Å²) in [6.07, 6.45) is 3.34. The number of carbonyl (C=O) groups excluding carboxylic acids is 1. The molecule has 22 heavy (non-hydrogen) atoms. The number of rotatable bonds is 9. The molecule has 1 saturated heterocycles. The Morgan fingerprint density at radius 3 is 2.59 bits per heavy atom. The van der Waals surface area contributed by atoms with Crippen LogP contribution in [0.2, 0.25) is 0 Å². The molecule has 1 amide bonds. The Kier molecular flexibility index (Phi) is 8.93. The van der Waals surface area contributed by atoms with Crippen molar-refractivity contribution in [2.45, 2.75) is 77.4 Å². The molecule has 0 aromatic carbocycles. The third-order valence-electron chi connectivity index (χ3n) is 4.22. The van der Waals surface area contributed by atoms with E-state index in [4.69, 9.17) is 14.6 Å². The summed E-state index contributed by atoms with van der Waals surface area (Å²) in [6.45, 7) is 6.40. The summed E-state index contributed by atoms with van der Waals surface area (Å²) in [4.78, 5) is 11.4. The fraction of sp³-hybridized carbons (Fsp3) is 0.938. The van der Waals surface area contributed by atoms with Crippen molar-refractivity contribution in [2.75, 3.05) is 13.2 Å². The lowest BCUT2D eigenvalue weighted by molar-refractivity contribution is -0.249. The van der Waals surface area contributed by atoms with Crippen LogP contribution < -0.4 is 5.32 Å². The number of ether oxygens (including phenoxy) is 2. The van der Waals surface area contributed by atoms with Gasteiger partial charge in [0.1, 0.15) is 12.6 Å². The Morgan fingerprint density at radius 2 is 2.00 bits per heavy atom. The number of unbranched alkanes of at least 4 members (excludes halogenated alkanes) is 3. The second-order valence-corrected chi connectivity index (χ2v) is 6.06. The van der Waals surface area contributed by atoms with E-state index in [-0.39, 0.29) is 17.9 Å². The molecular weight excluding hydrogens is 286 g/mol. The van der Waals surface area contributed by atoms with Gasteiger partial charge in [-0.2, -0.15) is 0 Å². The average Bonchev–Trinajstić information content (AvgIpc) is 2.49. The summed E-state index contributed by atoms with van der Waals surface area (Å²) in [5.74, 6) is -0.238. The first-order valence-corrected chi connectivity index (χ1v) is 8.38. The summed E-state index contributed by atoms with van der Waals surface area (Å²) in [7, 11) is 0. The third kappa shape index (κ3) is 5.83. The van der Waals surface area contributed by atoms with Gasteiger partial charge in [0.05, 0.1) is 12.2 Å². The largest absolute Gasteiger partial charge is 0.445 e. The molecule has 0 aromatic heterocycles. The molecular formula is C16H32NO5+. The molecule has 6 nitrogen and oxygen atoms in total. The third-order valence-corrected chi connectivity index (χ3v) is 4.22. The summed E-state index contributed by atoms with van der Waals surface area (Å²) >= 11 is 0. The van der Waals surface area contributed by atoms with Crippen molar-refractivity contribution >= 4 is 5.91 Å². The van der Waals surface area contributed by atoms with E-state index >= 15 is 0 Å². The molecule has 1 rings (SSSR count). The second-order valence-electron chi connectivity index (χ2n) is 6.06. The fourth-order valence-electron chi connectivity index (χ4n) is 2.87. The number of hydrogen-bond donors (Lipinski definition) is 2. The zero-order valence-corrected chi connectivity index (χ0v) is 14.0. The van der Waals surface area contributed by atoms with E-state index in [0.29, 0.717) is 13.2 Å². The number of amides is 1. The van der Waals surface area contributed by atoms with Crippen molar-refractivity contribution in [2.24, 2.45) is 5.92 Å².